The molecule has 2 N–H and O–H groups in total. The van der Waals surface area contributed by atoms with Crippen molar-refractivity contribution in [2.45, 2.75) is 26.7 Å². The first-order valence-electron chi connectivity index (χ1n) is 7.78. The Morgan fingerprint density at radius 2 is 1.67 bits per heavy atom. The molecule has 0 heterocycles. The molecule has 0 aliphatic heterocycles. The van der Waals surface area contributed by atoms with Crippen LogP contribution < -0.4 is 15.4 Å². The Labute approximate surface area is 142 Å². The molecule has 24 heavy (non-hydrogen) atoms. The Balaban J connectivity index is 2.14. The zero-order valence-electron chi connectivity index (χ0n) is 14.3. The number of hydrogen-bond acceptors (Lipinski definition) is 3. The molecule has 2 rings (SSSR count). The summed E-state index contributed by atoms with van der Waals surface area (Å²) in [4.78, 5) is 24.4. The lowest BCUT2D eigenvalue weighted by atomic mass is 9.98. The number of amides is 2. The number of benzene rings is 2. The molecule has 2 aromatic carbocycles. The number of methoxy groups -OCH3 is 1. The summed E-state index contributed by atoms with van der Waals surface area (Å²) in [6, 6.07) is 12.6. The number of hydrogen-bond donors (Lipinski definition) is 2. The molecule has 0 bridgehead atoms. The lowest BCUT2D eigenvalue weighted by Gasteiger charge is -2.16. The van der Waals surface area contributed by atoms with E-state index in [1.54, 1.807) is 31.4 Å². The lowest BCUT2D eigenvalue weighted by molar-refractivity contribution is -0.133. The van der Waals surface area contributed by atoms with Crippen LogP contribution >= 0.6 is 0 Å². The van der Waals surface area contributed by atoms with Gasteiger partial charge in [-0.3, -0.25) is 9.59 Å². The van der Waals surface area contributed by atoms with E-state index < -0.39 is 11.8 Å². The van der Waals surface area contributed by atoms with Crippen LogP contribution in [-0.2, 0) is 9.59 Å². The van der Waals surface area contributed by atoms with Gasteiger partial charge in [-0.15, -0.1) is 0 Å². The number of nitrogens with one attached hydrogen (secondary N) is 2. The Bertz CT molecular complexity index is 754. The maximum atomic E-state index is 12.2. The smallest absolute Gasteiger partial charge is 0.314 e. The van der Waals surface area contributed by atoms with Crippen molar-refractivity contribution in [3.63, 3.8) is 0 Å². The number of rotatable bonds is 4. The minimum absolute atomic E-state index is 0.238. The zero-order valence-corrected chi connectivity index (χ0v) is 14.3. The highest BCUT2D eigenvalue weighted by atomic mass is 16.5. The highest BCUT2D eigenvalue weighted by Gasteiger charge is 2.18. The Hall–Kier alpha value is -2.82. The van der Waals surface area contributed by atoms with E-state index in [0.29, 0.717) is 17.1 Å². The fraction of sp³-hybridized carbons (Fsp3) is 0.263. The summed E-state index contributed by atoms with van der Waals surface area (Å²) in [5.74, 6) is -0.578. The molecule has 5 heteroatoms. The SMILES string of the molecule is COc1cccc(NC(=O)C(=O)Nc2c(C)cccc2C(C)C)c1. The van der Waals surface area contributed by atoms with Crippen molar-refractivity contribution in [1.82, 2.24) is 0 Å². The first kappa shape index (κ1) is 17.5. The molecule has 126 valence electrons. The second-order valence-corrected chi connectivity index (χ2v) is 5.83. The molecule has 0 aromatic heterocycles. The number of para-hydroxylation sites is 1. The van der Waals surface area contributed by atoms with E-state index in [1.807, 2.05) is 39.0 Å². The van der Waals surface area contributed by atoms with E-state index in [2.05, 4.69) is 10.6 Å². The van der Waals surface area contributed by atoms with Crippen LogP contribution in [0.5, 0.6) is 5.75 Å². The van der Waals surface area contributed by atoms with Crippen molar-refractivity contribution in [1.29, 1.82) is 0 Å². The van der Waals surface area contributed by atoms with Crippen LogP contribution in [0.25, 0.3) is 0 Å². The molecule has 5 nitrogen and oxygen atoms in total. The van der Waals surface area contributed by atoms with Gasteiger partial charge in [0.2, 0.25) is 0 Å². The highest BCUT2D eigenvalue weighted by Crippen LogP contribution is 2.27. The third-order valence-electron chi connectivity index (χ3n) is 3.70. The molecule has 0 saturated carbocycles. The maximum absolute atomic E-state index is 12.2. The fourth-order valence-electron chi connectivity index (χ4n) is 2.40. The first-order valence-corrected chi connectivity index (χ1v) is 7.78. The van der Waals surface area contributed by atoms with Crippen molar-refractivity contribution in [3.05, 3.63) is 53.6 Å². The summed E-state index contributed by atoms with van der Waals surface area (Å²) in [5.41, 5.74) is 3.11. The van der Waals surface area contributed by atoms with E-state index in [-0.39, 0.29) is 5.92 Å². The van der Waals surface area contributed by atoms with Gasteiger partial charge in [-0.2, -0.15) is 0 Å². The van der Waals surface area contributed by atoms with Crippen LogP contribution in [0, 0.1) is 6.92 Å². The van der Waals surface area contributed by atoms with Crippen LogP contribution in [0.3, 0.4) is 0 Å². The van der Waals surface area contributed by atoms with E-state index in [0.717, 1.165) is 11.1 Å². The van der Waals surface area contributed by atoms with Crippen molar-refractivity contribution >= 4 is 23.2 Å². The van der Waals surface area contributed by atoms with Crippen LogP contribution in [-0.4, -0.2) is 18.9 Å². The zero-order chi connectivity index (χ0) is 17.7. The molecule has 2 aromatic rings. The Morgan fingerprint density at radius 3 is 2.33 bits per heavy atom. The van der Waals surface area contributed by atoms with Gasteiger partial charge in [0.25, 0.3) is 0 Å². The number of carbonyl (C=O) groups excluding carboxylic acids is 2. The molecular weight excluding hydrogens is 304 g/mol. The molecule has 2 amide bonds. The van der Waals surface area contributed by atoms with Crippen LogP contribution in [0.1, 0.15) is 30.9 Å². The first-order chi connectivity index (χ1) is 11.4. The molecule has 0 fully saturated rings. The minimum atomic E-state index is -0.721. The third kappa shape index (κ3) is 4.13. The van der Waals surface area contributed by atoms with Gasteiger partial charge in [0.05, 0.1) is 7.11 Å². The standard InChI is InChI=1S/C19H22N2O3/c1-12(2)16-10-5-7-13(3)17(16)21-19(23)18(22)20-14-8-6-9-15(11-14)24-4/h5-12H,1-4H3,(H,20,22)(H,21,23). The van der Waals surface area contributed by atoms with E-state index in [4.69, 9.17) is 4.74 Å². The summed E-state index contributed by atoms with van der Waals surface area (Å²) in [6.07, 6.45) is 0. The Kier molecular flexibility index (Phi) is 5.58. The minimum Gasteiger partial charge on any atom is -0.497 e. The Morgan fingerprint density at radius 1 is 1.00 bits per heavy atom. The van der Waals surface area contributed by atoms with Gasteiger partial charge in [-0.05, 0) is 36.1 Å². The number of aryl methyl sites for hydroxylation is 1. The number of carbonyl (C=O) groups is 2. The molecule has 0 radical (unpaired) electrons. The summed E-state index contributed by atoms with van der Waals surface area (Å²) >= 11 is 0. The van der Waals surface area contributed by atoms with Gasteiger partial charge in [-0.25, -0.2) is 0 Å². The molecule has 0 saturated heterocycles. The predicted octanol–water partition coefficient (Wildman–Crippen LogP) is 3.70. The van der Waals surface area contributed by atoms with Crippen LogP contribution in [0.4, 0.5) is 11.4 Å². The molecule has 0 atom stereocenters. The van der Waals surface area contributed by atoms with Crippen molar-refractivity contribution in [3.8, 4) is 5.75 Å². The average Bonchev–Trinajstić information content (AvgIpc) is 2.56. The van der Waals surface area contributed by atoms with E-state index in [9.17, 15) is 9.59 Å². The van der Waals surface area contributed by atoms with E-state index in [1.165, 1.54) is 0 Å². The maximum Gasteiger partial charge on any atom is 0.314 e. The average molecular weight is 326 g/mol. The fourth-order valence-corrected chi connectivity index (χ4v) is 2.40. The second-order valence-electron chi connectivity index (χ2n) is 5.83. The summed E-state index contributed by atoms with van der Waals surface area (Å²) in [5, 5.41) is 5.30. The highest BCUT2D eigenvalue weighted by molar-refractivity contribution is 6.43. The predicted molar refractivity (Wildman–Crippen MR) is 95.5 cm³/mol. The van der Waals surface area contributed by atoms with Crippen molar-refractivity contribution < 1.29 is 14.3 Å². The molecule has 0 aliphatic carbocycles. The van der Waals surface area contributed by atoms with Gasteiger partial charge in [0, 0.05) is 17.4 Å². The van der Waals surface area contributed by atoms with Gasteiger partial charge in [0.15, 0.2) is 0 Å². The van der Waals surface area contributed by atoms with Crippen LogP contribution in [0.2, 0.25) is 0 Å². The van der Waals surface area contributed by atoms with Gasteiger partial charge < -0.3 is 15.4 Å². The molecule has 0 unspecified atom stereocenters. The topological polar surface area (TPSA) is 67.4 Å². The van der Waals surface area contributed by atoms with Crippen molar-refractivity contribution in [2.24, 2.45) is 0 Å². The quantitative estimate of drug-likeness (QED) is 0.842. The van der Waals surface area contributed by atoms with Crippen LogP contribution in [0.15, 0.2) is 42.5 Å². The van der Waals surface area contributed by atoms with Gasteiger partial charge >= 0.3 is 11.8 Å². The van der Waals surface area contributed by atoms with Crippen molar-refractivity contribution in [2.75, 3.05) is 17.7 Å². The van der Waals surface area contributed by atoms with Gasteiger partial charge in [-0.1, -0.05) is 38.1 Å². The second kappa shape index (κ2) is 7.64. The monoisotopic (exact) mass is 326 g/mol. The van der Waals surface area contributed by atoms with E-state index >= 15 is 0 Å². The molecule has 0 aliphatic rings. The number of ether oxygens (including phenoxy) is 1. The molecule has 0 spiro atoms. The largest absolute Gasteiger partial charge is 0.497 e. The lowest BCUT2D eigenvalue weighted by Crippen LogP contribution is -2.29. The molecular formula is C19H22N2O3. The number of anilines is 2. The normalized spacial score (nSPS) is 10.4. The third-order valence-corrected chi connectivity index (χ3v) is 3.70. The summed E-state index contributed by atoms with van der Waals surface area (Å²) < 4.78 is 5.10. The summed E-state index contributed by atoms with van der Waals surface area (Å²) in [7, 11) is 1.54. The summed E-state index contributed by atoms with van der Waals surface area (Å²) in [6.45, 7) is 5.99. The van der Waals surface area contributed by atoms with Gasteiger partial charge in [0.1, 0.15) is 5.75 Å².